The van der Waals surface area contributed by atoms with Crippen molar-refractivity contribution >= 4 is 5.97 Å². The topological polar surface area (TPSA) is 46.5 Å². The summed E-state index contributed by atoms with van der Waals surface area (Å²) in [5.74, 6) is -0.358. The first-order chi connectivity index (χ1) is 5.18. The van der Waals surface area contributed by atoms with E-state index in [9.17, 15) is 4.79 Å². The molecule has 0 saturated carbocycles. The van der Waals surface area contributed by atoms with Crippen LogP contribution in [0.5, 0.6) is 0 Å². The molecule has 0 aliphatic heterocycles. The van der Waals surface area contributed by atoms with Gasteiger partial charge in [-0.3, -0.25) is 0 Å². The summed E-state index contributed by atoms with van der Waals surface area (Å²) in [5.41, 5.74) is 0.411. The van der Waals surface area contributed by atoms with Gasteiger partial charge in [-0.05, 0) is 19.8 Å². The lowest BCUT2D eigenvalue weighted by molar-refractivity contribution is -0.139. The summed E-state index contributed by atoms with van der Waals surface area (Å²) < 4.78 is 4.76. The van der Waals surface area contributed by atoms with Crippen molar-refractivity contribution in [2.45, 2.75) is 27.2 Å². The molecule has 0 spiro atoms. The van der Waals surface area contributed by atoms with Crippen LogP contribution in [0, 0.1) is 0 Å². The standard InChI is InChI=1S/C8H14O3.CH4/c1-7(2)8(10)11-6-4-3-5-9;/h9H,1,3-6H2,2H3;1H4. The van der Waals surface area contributed by atoms with Crippen molar-refractivity contribution in [1.82, 2.24) is 0 Å². The summed E-state index contributed by atoms with van der Waals surface area (Å²) in [4.78, 5) is 10.7. The minimum Gasteiger partial charge on any atom is -0.462 e. The van der Waals surface area contributed by atoms with E-state index in [2.05, 4.69) is 6.58 Å². The molecule has 72 valence electrons. The second-order valence-electron chi connectivity index (χ2n) is 2.35. The third-order valence-electron chi connectivity index (χ3n) is 1.13. The van der Waals surface area contributed by atoms with E-state index in [1.807, 2.05) is 0 Å². The van der Waals surface area contributed by atoms with Gasteiger partial charge >= 0.3 is 5.97 Å². The van der Waals surface area contributed by atoms with E-state index in [1.54, 1.807) is 6.92 Å². The first kappa shape index (κ1) is 13.7. The SMILES string of the molecule is C.C=C(C)C(=O)OCCCCO. The smallest absolute Gasteiger partial charge is 0.333 e. The van der Waals surface area contributed by atoms with Crippen LogP contribution in [0.1, 0.15) is 27.2 Å². The number of unbranched alkanes of at least 4 members (excludes halogenated alkanes) is 1. The van der Waals surface area contributed by atoms with Crippen LogP contribution in [0.4, 0.5) is 0 Å². The summed E-state index contributed by atoms with van der Waals surface area (Å²) in [6.45, 7) is 5.55. The lowest BCUT2D eigenvalue weighted by Crippen LogP contribution is -2.06. The zero-order chi connectivity index (χ0) is 8.69. The molecule has 0 aromatic heterocycles. The molecule has 0 bridgehead atoms. The molecule has 0 amide bonds. The van der Waals surface area contributed by atoms with Crippen molar-refractivity contribution in [3.05, 3.63) is 12.2 Å². The molecule has 0 fully saturated rings. The van der Waals surface area contributed by atoms with Gasteiger partial charge in [0.2, 0.25) is 0 Å². The van der Waals surface area contributed by atoms with Gasteiger partial charge in [-0.2, -0.15) is 0 Å². The number of ether oxygens (including phenoxy) is 1. The van der Waals surface area contributed by atoms with Crippen molar-refractivity contribution < 1.29 is 14.6 Å². The maximum absolute atomic E-state index is 10.7. The molecular formula is C9H18O3. The number of carbonyl (C=O) groups is 1. The quantitative estimate of drug-likeness (QED) is 0.390. The maximum atomic E-state index is 10.7. The molecular weight excluding hydrogens is 156 g/mol. The Morgan fingerprint density at radius 2 is 2.08 bits per heavy atom. The Bertz CT molecular complexity index is 141. The van der Waals surface area contributed by atoms with Crippen molar-refractivity contribution in [3.63, 3.8) is 0 Å². The largest absolute Gasteiger partial charge is 0.462 e. The maximum Gasteiger partial charge on any atom is 0.333 e. The minimum atomic E-state index is -0.358. The Labute approximate surface area is 74.0 Å². The molecule has 0 radical (unpaired) electrons. The van der Waals surface area contributed by atoms with Gasteiger partial charge < -0.3 is 9.84 Å². The fourth-order valence-electron chi connectivity index (χ4n) is 0.502. The minimum absolute atomic E-state index is 0. The lowest BCUT2D eigenvalue weighted by atomic mass is 10.3. The Morgan fingerprint density at radius 1 is 1.50 bits per heavy atom. The van der Waals surface area contributed by atoms with E-state index >= 15 is 0 Å². The van der Waals surface area contributed by atoms with E-state index in [0.717, 1.165) is 0 Å². The Hall–Kier alpha value is -0.830. The summed E-state index contributed by atoms with van der Waals surface area (Å²) in [6, 6.07) is 0. The number of carbonyl (C=O) groups excluding carboxylic acids is 1. The highest BCUT2D eigenvalue weighted by Crippen LogP contribution is 1.94. The molecule has 0 rings (SSSR count). The Balaban J connectivity index is 0. The van der Waals surface area contributed by atoms with Gasteiger partial charge in [0.1, 0.15) is 0 Å². The lowest BCUT2D eigenvalue weighted by Gasteiger charge is -2.01. The summed E-state index contributed by atoms with van der Waals surface area (Å²) in [7, 11) is 0. The van der Waals surface area contributed by atoms with Crippen molar-refractivity contribution in [2.75, 3.05) is 13.2 Å². The number of rotatable bonds is 5. The van der Waals surface area contributed by atoms with Gasteiger partial charge in [0.25, 0.3) is 0 Å². The second-order valence-corrected chi connectivity index (χ2v) is 2.35. The molecule has 0 aromatic rings. The van der Waals surface area contributed by atoms with Crippen molar-refractivity contribution in [2.24, 2.45) is 0 Å². The van der Waals surface area contributed by atoms with Crippen LogP contribution < -0.4 is 0 Å². The van der Waals surface area contributed by atoms with Gasteiger partial charge in [-0.1, -0.05) is 14.0 Å². The van der Waals surface area contributed by atoms with Crippen molar-refractivity contribution in [1.29, 1.82) is 0 Å². The second kappa shape index (κ2) is 8.27. The molecule has 1 N–H and O–H groups in total. The molecule has 3 nitrogen and oxygen atoms in total. The number of esters is 1. The average molecular weight is 174 g/mol. The van der Waals surface area contributed by atoms with Gasteiger partial charge in [0, 0.05) is 12.2 Å². The van der Waals surface area contributed by atoms with Crippen LogP contribution in [0.2, 0.25) is 0 Å². The molecule has 0 aromatic carbocycles. The van der Waals surface area contributed by atoms with Crippen molar-refractivity contribution in [3.8, 4) is 0 Å². The monoisotopic (exact) mass is 174 g/mol. The summed E-state index contributed by atoms with van der Waals surface area (Å²) in [6.07, 6.45) is 1.37. The molecule has 0 heterocycles. The summed E-state index contributed by atoms with van der Waals surface area (Å²) >= 11 is 0. The van der Waals surface area contributed by atoms with E-state index in [4.69, 9.17) is 9.84 Å². The van der Waals surface area contributed by atoms with E-state index < -0.39 is 0 Å². The van der Waals surface area contributed by atoms with E-state index in [-0.39, 0.29) is 20.0 Å². The third-order valence-corrected chi connectivity index (χ3v) is 1.13. The van der Waals surface area contributed by atoms with Gasteiger partial charge in [0.05, 0.1) is 6.61 Å². The van der Waals surface area contributed by atoms with Gasteiger partial charge in [0.15, 0.2) is 0 Å². The Kier molecular flexibility index (Phi) is 9.47. The number of aliphatic hydroxyl groups excluding tert-OH is 1. The zero-order valence-electron chi connectivity index (χ0n) is 6.80. The van der Waals surface area contributed by atoms with E-state index in [1.165, 1.54) is 0 Å². The number of hydrogen-bond donors (Lipinski definition) is 1. The summed E-state index contributed by atoms with van der Waals surface area (Å²) in [5, 5.41) is 8.38. The van der Waals surface area contributed by atoms with Crippen LogP contribution >= 0.6 is 0 Å². The third kappa shape index (κ3) is 7.28. The molecule has 0 unspecified atom stereocenters. The average Bonchev–Trinajstić information content (AvgIpc) is 1.97. The molecule has 0 aliphatic carbocycles. The number of aliphatic hydroxyl groups is 1. The molecule has 0 saturated heterocycles. The predicted octanol–water partition coefficient (Wildman–Crippen LogP) is 1.51. The van der Waals surface area contributed by atoms with Crippen LogP contribution in [0.15, 0.2) is 12.2 Å². The fourth-order valence-corrected chi connectivity index (χ4v) is 0.502. The number of hydrogen-bond acceptors (Lipinski definition) is 3. The fraction of sp³-hybridized carbons (Fsp3) is 0.667. The Morgan fingerprint density at radius 3 is 2.50 bits per heavy atom. The highest BCUT2D eigenvalue weighted by atomic mass is 16.5. The molecule has 12 heavy (non-hydrogen) atoms. The zero-order valence-corrected chi connectivity index (χ0v) is 6.80. The highest BCUT2D eigenvalue weighted by Gasteiger charge is 2.00. The highest BCUT2D eigenvalue weighted by molar-refractivity contribution is 5.86. The predicted molar refractivity (Wildman–Crippen MR) is 48.8 cm³/mol. The molecule has 0 aliphatic rings. The van der Waals surface area contributed by atoms with E-state index in [0.29, 0.717) is 25.0 Å². The van der Waals surface area contributed by atoms with Crippen LogP contribution in [0.25, 0.3) is 0 Å². The first-order valence-electron chi connectivity index (χ1n) is 3.62. The molecule has 3 heteroatoms. The first-order valence-corrected chi connectivity index (χ1v) is 3.62. The van der Waals surface area contributed by atoms with Crippen LogP contribution in [-0.2, 0) is 9.53 Å². The van der Waals surface area contributed by atoms with Gasteiger partial charge in [-0.25, -0.2) is 4.79 Å². The normalized spacial score (nSPS) is 8.50. The molecule has 0 atom stereocenters. The van der Waals surface area contributed by atoms with Gasteiger partial charge in [-0.15, -0.1) is 0 Å². The van der Waals surface area contributed by atoms with Crippen LogP contribution in [0.3, 0.4) is 0 Å². The van der Waals surface area contributed by atoms with Crippen LogP contribution in [-0.4, -0.2) is 24.3 Å².